The number of aliphatic hydroxyl groups is 1. The minimum atomic E-state index is -0.820. The Morgan fingerprint density at radius 1 is 1.29 bits per heavy atom. The number of nitrogens with one attached hydrogen (secondary N) is 1. The van der Waals surface area contributed by atoms with Gasteiger partial charge in [-0.2, -0.15) is 0 Å². The van der Waals surface area contributed by atoms with Crippen molar-refractivity contribution in [2.45, 2.75) is 19.4 Å². The van der Waals surface area contributed by atoms with Crippen LogP contribution in [0.25, 0.3) is 0 Å². The fourth-order valence-electron chi connectivity index (χ4n) is 2.44. The third kappa shape index (κ3) is 3.99. The summed E-state index contributed by atoms with van der Waals surface area (Å²) in [6, 6.07) is 0.779. The van der Waals surface area contributed by atoms with E-state index in [9.17, 15) is 13.9 Å². The van der Waals surface area contributed by atoms with Crippen LogP contribution in [0.5, 0.6) is 0 Å². The molecule has 2 rings (SSSR count). The van der Waals surface area contributed by atoms with Crippen LogP contribution in [-0.2, 0) is 0 Å². The Labute approximate surface area is 122 Å². The highest BCUT2D eigenvalue weighted by molar-refractivity contribution is 5.49. The van der Waals surface area contributed by atoms with E-state index in [0.29, 0.717) is 32.7 Å². The normalized spacial score (nSPS) is 17.1. The number of aromatic nitrogens is 1. The van der Waals surface area contributed by atoms with Gasteiger partial charge in [-0.25, -0.2) is 19.6 Å². The average molecular weight is 301 g/mol. The number of nitrogen functional groups attached to an aromatic ring is 1. The molecule has 0 radical (unpaired) electrons. The number of piperazine rings is 1. The van der Waals surface area contributed by atoms with E-state index < -0.39 is 17.2 Å². The highest BCUT2D eigenvalue weighted by Gasteiger charge is 2.25. The molecule has 0 atom stereocenters. The first-order valence-corrected chi connectivity index (χ1v) is 6.82. The number of anilines is 2. The zero-order chi connectivity index (χ0) is 15.6. The van der Waals surface area contributed by atoms with Crippen molar-refractivity contribution < 1.29 is 13.9 Å². The summed E-state index contributed by atoms with van der Waals surface area (Å²) in [5, 5.41) is 9.80. The Morgan fingerprint density at radius 2 is 1.90 bits per heavy atom. The molecule has 0 saturated carbocycles. The SMILES string of the molecule is CC(C)(O)CN1CCN(c2nc(NN)c(F)cc2F)CC1. The van der Waals surface area contributed by atoms with E-state index in [2.05, 4.69) is 15.3 Å². The van der Waals surface area contributed by atoms with Gasteiger partial charge in [-0.1, -0.05) is 0 Å². The van der Waals surface area contributed by atoms with Crippen LogP contribution in [0, 0.1) is 11.6 Å². The molecule has 118 valence electrons. The summed E-state index contributed by atoms with van der Waals surface area (Å²) in [7, 11) is 0. The number of hydrazine groups is 1. The van der Waals surface area contributed by atoms with Gasteiger partial charge in [0.1, 0.15) is 0 Å². The summed E-state index contributed by atoms with van der Waals surface area (Å²) in [5.41, 5.74) is 1.35. The standard InChI is InChI=1S/C13H21F2N5O/c1-13(2,21)8-19-3-5-20(6-4-19)12-10(15)7-9(14)11(17-12)18-16/h7,21H,3-6,8,16H2,1-2H3,(H,17,18). The van der Waals surface area contributed by atoms with Crippen molar-refractivity contribution >= 4 is 11.6 Å². The van der Waals surface area contributed by atoms with Gasteiger partial charge in [-0.05, 0) is 13.8 Å². The third-order valence-electron chi connectivity index (χ3n) is 3.33. The van der Waals surface area contributed by atoms with Crippen molar-refractivity contribution in [3.8, 4) is 0 Å². The number of hydrogen-bond donors (Lipinski definition) is 3. The molecule has 2 heterocycles. The van der Waals surface area contributed by atoms with Gasteiger partial charge in [0.05, 0.1) is 5.60 Å². The molecule has 0 unspecified atom stereocenters. The lowest BCUT2D eigenvalue weighted by atomic mass is 10.1. The third-order valence-corrected chi connectivity index (χ3v) is 3.33. The van der Waals surface area contributed by atoms with Gasteiger partial charge in [-0.15, -0.1) is 0 Å². The second kappa shape index (κ2) is 6.08. The zero-order valence-electron chi connectivity index (χ0n) is 12.2. The van der Waals surface area contributed by atoms with E-state index in [1.54, 1.807) is 18.7 Å². The van der Waals surface area contributed by atoms with Gasteiger partial charge >= 0.3 is 0 Å². The summed E-state index contributed by atoms with van der Waals surface area (Å²) < 4.78 is 27.2. The second-order valence-electron chi connectivity index (χ2n) is 5.84. The van der Waals surface area contributed by atoms with Gasteiger partial charge in [0.15, 0.2) is 23.3 Å². The van der Waals surface area contributed by atoms with Gasteiger partial charge < -0.3 is 15.4 Å². The highest BCUT2D eigenvalue weighted by atomic mass is 19.1. The lowest BCUT2D eigenvalue weighted by Gasteiger charge is -2.37. The number of pyridine rings is 1. The number of nitrogens with two attached hydrogens (primary N) is 1. The predicted molar refractivity (Wildman–Crippen MR) is 76.9 cm³/mol. The Kier molecular flexibility index (Phi) is 4.60. The van der Waals surface area contributed by atoms with E-state index in [4.69, 9.17) is 5.84 Å². The maximum Gasteiger partial charge on any atom is 0.178 e. The molecular formula is C13H21F2N5O. The van der Waals surface area contributed by atoms with Crippen LogP contribution < -0.4 is 16.2 Å². The van der Waals surface area contributed by atoms with Gasteiger partial charge in [0.25, 0.3) is 0 Å². The van der Waals surface area contributed by atoms with Crippen molar-refractivity contribution in [1.82, 2.24) is 9.88 Å². The molecule has 1 aromatic heterocycles. The predicted octanol–water partition coefficient (Wildman–Crippen LogP) is 0.538. The smallest absolute Gasteiger partial charge is 0.178 e. The van der Waals surface area contributed by atoms with Crippen LogP contribution >= 0.6 is 0 Å². The molecule has 1 aromatic rings. The topological polar surface area (TPSA) is 77.7 Å². The molecule has 4 N–H and O–H groups in total. The number of hydrogen-bond acceptors (Lipinski definition) is 6. The van der Waals surface area contributed by atoms with E-state index in [1.807, 2.05) is 0 Å². The Balaban J connectivity index is 2.05. The fourth-order valence-corrected chi connectivity index (χ4v) is 2.44. The van der Waals surface area contributed by atoms with Crippen LogP contribution in [0.15, 0.2) is 6.07 Å². The average Bonchev–Trinajstić information content (AvgIpc) is 2.38. The molecule has 6 nitrogen and oxygen atoms in total. The molecule has 0 bridgehead atoms. The molecule has 0 amide bonds. The van der Waals surface area contributed by atoms with Gasteiger partial charge in [0.2, 0.25) is 0 Å². The molecule has 1 aliphatic rings. The van der Waals surface area contributed by atoms with E-state index >= 15 is 0 Å². The number of rotatable bonds is 4. The molecule has 1 aliphatic heterocycles. The molecule has 1 fully saturated rings. The van der Waals surface area contributed by atoms with Crippen molar-refractivity contribution in [3.05, 3.63) is 17.7 Å². The number of halogens is 2. The van der Waals surface area contributed by atoms with Crippen LogP contribution in [0.2, 0.25) is 0 Å². The summed E-state index contributed by atoms with van der Waals surface area (Å²) in [6.45, 7) is 6.50. The Hall–Kier alpha value is -1.51. The molecular weight excluding hydrogens is 280 g/mol. The first kappa shape index (κ1) is 15.9. The second-order valence-corrected chi connectivity index (χ2v) is 5.84. The van der Waals surface area contributed by atoms with Crippen LogP contribution in [0.1, 0.15) is 13.8 Å². The van der Waals surface area contributed by atoms with Gasteiger partial charge in [-0.3, -0.25) is 4.90 Å². The maximum atomic E-state index is 13.9. The lowest BCUT2D eigenvalue weighted by molar-refractivity contribution is 0.0344. The molecule has 0 aliphatic carbocycles. The van der Waals surface area contributed by atoms with Crippen molar-refractivity contribution in [1.29, 1.82) is 0 Å². The largest absolute Gasteiger partial charge is 0.389 e. The first-order valence-electron chi connectivity index (χ1n) is 6.82. The molecule has 8 heteroatoms. The number of β-amino-alcohol motifs (C(OH)–C–C–N with tert-alkyl or cyclic N) is 1. The van der Waals surface area contributed by atoms with Crippen LogP contribution in [-0.4, -0.2) is 53.3 Å². The highest BCUT2D eigenvalue weighted by Crippen LogP contribution is 2.23. The summed E-state index contributed by atoms with van der Waals surface area (Å²) in [6.07, 6.45) is 0. The Morgan fingerprint density at radius 3 is 2.43 bits per heavy atom. The fraction of sp³-hybridized carbons (Fsp3) is 0.615. The molecule has 1 saturated heterocycles. The van der Waals surface area contributed by atoms with E-state index in [-0.39, 0.29) is 11.6 Å². The van der Waals surface area contributed by atoms with Crippen molar-refractivity contribution in [2.75, 3.05) is 43.0 Å². The van der Waals surface area contributed by atoms with E-state index in [0.717, 1.165) is 6.07 Å². The minimum Gasteiger partial charge on any atom is -0.389 e. The summed E-state index contributed by atoms with van der Waals surface area (Å²) in [5.74, 6) is 3.55. The maximum absolute atomic E-state index is 13.9. The van der Waals surface area contributed by atoms with Gasteiger partial charge in [0, 0.05) is 38.8 Å². The summed E-state index contributed by atoms with van der Waals surface area (Å²) in [4.78, 5) is 7.73. The molecule has 21 heavy (non-hydrogen) atoms. The van der Waals surface area contributed by atoms with E-state index in [1.165, 1.54) is 0 Å². The quantitative estimate of drug-likeness (QED) is 0.556. The first-order chi connectivity index (χ1) is 9.80. The molecule has 0 spiro atoms. The van der Waals surface area contributed by atoms with Crippen LogP contribution in [0.4, 0.5) is 20.4 Å². The van der Waals surface area contributed by atoms with Crippen LogP contribution in [0.3, 0.4) is 0 Å². The lowest BCUT2D eigenvalue weighted by Crippen LogP contribution is -2.51. The number of nitrogens with zero attached hydrogens (tertiary/aromatic N) is 3. The summed E-state index contributed by atoms with van der Waals surface area (Å²) >= 11 is 0. The minimum absolute atomic E-state index is 0.0901. The van der Waals surface area contributed by atoms with Crippen molar-refractivity contribution in [2.24, 2.45) is 5.84 Å². The Bertz CT molecular complexity index is 498. The molecule has 0 aromatic carbocycles. The monoisotopic (exact) mass is 301 g/mol. The zero-order valence-corrected chi connectivity index (χ0v) is 12.2. The van der Waals surface area contributed by atoms with Crippen molar-refractivity contribution in [3.63, 3.8) is 0 Å².